The van der Waals surface area contributed by atoms with Crippen molar-refractivity contribution < 1.29 is 4.79 Å². The molecular formula is C12H8BrCl2N3O. The molecule has 0 radical (unpaired) electrons. The van der Waals surface area contributed by atoms with Gasteiger partial charge >= 0.3 is 0 Å². The lowest BCUT2D eigenvalue weighted by Gasteiger charge is -2.09. The molecule has 0 atom stereocenters. The second kappa shape index (κ2) is 5.77. The van der Waals surface area contributed by atoms with Crippen LogP contribution in [-0.4, -0.2) is 10.9 Å². The first-order valence-corrected chi connectivity index (χ1v) is 6.70. The van der Waals surface area contributed by atoms with Crippen molar-refractivity contribution in [2.24, 2.45) is 0 Å². The summed E-state index contributed by atoms with van der Waals surface area (Å²) in [6, 6.07) is 8.05. The predicted octanol–water partition coefficient (Wildman–Crippen LogP) is 3.99. The zero-order chi connectivity index (χ0) is 14.0. The van der Waals surface area contributed by atoms with Crippen molar-refractivity contribution >= 4 is 56.5 Å². The van der Waals surface area contributed by atoms with Crippen LogP contribution in [0.5, 0.6) is 0 Å². The number of nitrogen functional groups attached to an aromatic ring is 1. The molecule has 0 aliphatic carbocycles. The maximum atomic E-state index is 12.1. The quantitative estimate of drug-likeness (QED) is 0.795. The monoisotopic (exact) mass is 359 g/mol. The average Bonchev–Trinajstić information content (AvgIpc) is 2.33. The van der Waals surface area contributed by atoms with E-state index in [1.165, 1.54) is 12.1 Å². The van der Waals surface area contributed by atoms with Crippen LogP contribution in [0.1, 0.15) is 10.4 Å². The third kappa shape index (κ3) is 3.37. The molecule has 0 aliphatic rings. The fraction of sp³-hybridized carbons (Fsp3) is 0. The number of anilines is 2. The van der Waals surface area contributed by atoms with Crippen LogP contribution in [0.25, 0.3) is 0 Å². The molecule has 1 aromatic carbocycles. The van der Waals surface area contributed by atoms with Gasteiger partial charge in [-0.25, -0.2) is 4.98 Å². The van der Waals surface area contributed by atoms with Gasteiger partial charge in [0.05, 0.1) is 15.2 Å². The number of nitrogens with zero attached hydrogens (tertiary/aromatic N) is 1. The Morgan fingerprint density at radius 2 is 2.05 bits per heavy atom. The van der Waals surface area contributed by atoms with E-state index in [1.807, 2.05) is 0 Å². The first kappa shape index (κ1) is 14.1. The number of nitrogens with two attached hydrogens (primary N) is 1. The highest BCUT2D eigenvalue weighted by Gasteiger charge is 2.11. The van der Waals surface area contributed by atoms with E-state index < -0.39 is 0 Å². The standard InChI is InChI=1S/C12H8BrCl2N3O/c13-11-7(14)2-1-3-8(11)17-12(19)6-4-9(15)18-10(16)5-6/h1-5H,(H2,16,18)(H,17,19). The number of amides is 1. The third-order valence-corrected chi connectivity index (χ3v) is 3.87. The third-order valence-electron chi connectivity index (χ3n) is 2.28. The van der Waals surface area contributed by atoms with Gasteiger partial charge in [0.2, 0.25) is 0 Å². The van der Waals surface area contributed by atoms with E-state index in [2.05, 4.69) is 26.2 Å². The second-order valence-electron chi connectivity index (χ2n) is 3.66. The number of benzene rings is 1. The molecule has 1 heterocycles. The lowest BCUT2D eigenvalue weighted by molar-refractivity contribution is 0.102. The molecule has 0 bridgehead atoms. The lowest BCUT2D eigenvalue weighted by atomic mass is 10.2. The van der Waals surface area contributed by atoms with Gasteiger partial charge < -0.3 is 11.1 Å². The predicted molar refractivity (Wildman–Crippen MR) is 80.8 cm³/mol. The maximum Gasteiger partial charge on any atom is 0.255 e. The Labute approximate surface area is 128 Å². The Kier molecular flexibility index (Phi) is 4.29. The molecule has 0 unspecified atom stereocenters. The molecule has 3 N–H and O–H groups in total. The van der Waals surface area contributed by atoms with E-state index in [9.17, 15) is 4.79 Å². The largest absolute Gasteiger partial charge is 0.384 e. The molecule has 2 rings (SSSR count). The molecule has 4 nitrogen and oxygen atoms in total. The number of halogens is 3. The molecular weight excluding hydrogens is 353 g/mol. The summed E-state index contributed by atoms with van der Waals surface area (Å²) in [6.07, 6.45) is 0. The Morgan fingerprint density at radius 1 is 1.32 bits per heavy atom. The van der Waals surface area contributed by atoms with E-state index >= 15 is 0 Å². The summed E-state index contributed by atoms with van der Waals surface area (Å²) in [7, 11) is 0. The summed E-state index contributed by atoms with van der Waals surface area (Å²) in [5.41, 5.74) is 6.42. The first-order chi connectivity index (χ1) is 8.97. The van der Waals surface area contributed by atoms with Crippen molar-refractivity contribution in [2.75, 3.05) is 11.1 Å². The van der Waals surface area contributed by atoms with Gasteiger partial charge in [-0.3, -0.25) is 4.79 Å². The molecule has 98 valence electrons. The minimum atomic E-state index is -0.348. The normalized spacial score (nSPS) is 10.3. The Hall–Kier alpha value is -1.30. The highest BCUT2D eigenvalue weighted by Crippen LogP contribution is 2.30. The maximum absolute atomic E-state index is 12.1. The number of pyridine rings is 1. The van der Waals surface area contributed by atoms with E-state index in [0.717, 1.165) is 0 Å². The zero-order valence-electron chi connectivity index (χ0n) is 9.45. The topological polar surface area (TPSA) is 68.0 Å². The summed E-state index contributed by atoms with van der Waals surface area (Å²) in [6.45, 7) is 0. The van der Waals surface area contributed by atoms with Gasteiger partial charge in [0.25, 0.3) is 5.91 Å². The summed E-state index contributed by atoms with van der Waals surface area (Å²) in [5.74, 6) is -0.165. The second-order valence-corrected chi connectivity index (χ2v) is 5.25. The van der Waals surface area contributed by atoms with E-state index in [-0.39, 0.29) is 16.9 Å². The van der Waals surface area contributed by atoms with Gasteiger partial charge in [0.15, 0.2) is 0 Å². The number of hydrogen-bond acceptors (Lipinski definition) is 3. The SMILES string of the molecule is Nc1cc(C(=O)Nc2cccc(Cl)c2Br)cc(Cl)n1. The Bertz CT molecular complexity index is 629. The van der Waals surface area contributed by atoms with Crippen molar-refractivity contribution in [2.45, 2.75) is 0 Å². The van der Waals surface area contributed by atoms with Gasteiger partial charge in [-0.2, -0.15) is 0 Å². The number of aromatic nitrogens is 1. The summed E-state index contributed by atoms with van der Waals surface area (Å²) in [4.78, 5) is 15.9. The van der Waals surface area contributed by atoms with E-state index in [1.54, 1.807) is 18.2 Å². The summed E-state index contributed by atoms with van der Waals surface area (Å²) < 4.78 is 0.609. The minimum absolute atomic E-state index is 0.162. The smallest absolute Gasteiger partial charge is 0.255 e. The molecule has 0 saturated carbocycles. The Morgan fingerprint density at radius 3 is 2.74 bits per heavy atom. The van der Waals surface area contributed by atoms with Crippen LogP contribution in [0.3, 0.4) is 0 Å². The van der Waals surface area contributed by atoms with E-state index in [0.29, 0.717) is 20.7 Å². The van der Waals surface area contributed by atoms with Crippen molar-refractivity contribution in [3.05, 3.63) is 50.5 Å². The number of nitrogens with one attached hydrogen (secondary N) is 1. The molecule has 0 aliphatic heterocycles. The zero-order valence-corrected chi connectivity index (χ0v) is 12.6. The molecule has 2 aromatic rings. The minimum Gasteiger partial charge on any atom is -0.384 e. The molecule has 7 heteroatoms. The fourth-order valence-corrected chi connectivity index (χ4v) is 2.20. The molecule has 0 saturated heterocycles. The summed E-state index contributed by atoms with van der Waals surface area (Å²) in [5, 5.41) is 3.38. The van der Waals surface area contributed by atoms with E-state index in [4.69, 9.17) is 28.9 Å². The van der Waals surface area contributed by atoms with Crippen LogP contribution in [0.2, 0.25) is 10.2 Å². The van der Waals surface area contributed by atoms with Gasteiger partial charge in [-0.15, -0.1) is 0 Å². The van der Waals surface area contributed by atoms with Crippen LogP contribution < -0.4 is 11.1 Å². The number of rotatable bonds is 2. The van der Waals surface area contributed by atoms with Crippen LogP contribution >= 0.6 is 39.1 Å². The Balaban J connectivity index is 2.28. The molecule has 1 aromatic heterocycles. The van der Waals surface area contributed by atoms with Crippen molar-refractivity contribution in [3.8, 4) is 0 Å². The molecule has 0 fully saturated rings. The molecule has 1 amide bonds. The van der Waals surface area contributed by atoms with Crippen molar-refractivity contribution in [1.29, 1.82) is 0 Å². The van der Waals surface area contributed by atoms with Gasteiger partial charge in [-0.1, -0.05) is 29.3 Å². The van der Waals surface area contributed by atoms with Gasteiger partial charge in [-0.05, 0) is 40.2 Å². The highest BCUT2D eigenvalue weighted by atomic mass is 79.9. The van der Waals surface area contributed by atoms with Gasteiger partial charge in [0.1, 0.15) is 11.0 Å². The van der Waals surface area contributed by atoms with Crippen LogP contribution in [0.4, 0.5) is 11.5 Å². The highest BCUT2D eigenvalue weighted by molar-refractivity contribution is 9.10. The van der Waals surface area contributed by atoms with Crippen molar-refractivity contribution in [3.63, 3.8) is 0 Å². The lowest BCUT2D eigenvalue weighted by Crippen LogP contribution is -2.13. The number of carbonyl (C=O) groups is 1. The molecule has 0 spiro atoms. The number of hydrogen-bond donors (Lipinski definition) is 2. The van der Waals surface area contributed by atoms with Gasteiger partial charge in [0, 0.05) is 5.56 Å². The summed E-state index contributed by atoms with van der Waals surface area (Å²) >= 11 is 15.0. The van der Waals surface area contributed by atoms with Crippen LogP contribution in [0, 0.1) is 0 Å². The fourth-order valence-electron chi connectivity index (χ4n) is 1.44. The van der Waals surface area contributed by atoms with Crippen molar-refractivity contribution in [1.82, 2.24) is 4.98 Å². The number of carbonyl (C=O) groups excluding carboxylic acids is 1. The average molecular weight is 361 g/mol. The molecule has 19 heavy (non-hydrogen) atoms. The van der Waals surface area contributed by atoms with Crippen LogP contribution in [0.15, 0.2) is 34.8 Å². The van der Waals surface area contributed by atoms with Crippen LogP contribution in [-0.2, 0) is 0 Å². The first-order valence-electron chi connectivity index (χ1n) is 5.16.